The van der Waals surface area contributed by atoms with Crippen molar-refractivity contribution < 1.29 is 17.6 Å². The molecule has 0 fully saturated rings. The standard InChI is InChI=1S/C20H19FN6O3S/c1-3-17(18-11-26(12-23-18)31(2,29)30)25-20(28)16-8-22-10-19-15(16)9-24-27(19)14-6-4-13(21)5-7-14/h4-12,17H,3H2,1-2H3,(H,25,28). The van der Waals surface area contributed by atoms with Gasteiger partial charge in [0.05, 0.1) is 47.2 Å². The van der Waals surface area contributed by atoms with Crippen LogP contribution < -0.4 is 5.32 Å². The van der Waals surface area contributed by atoms with Crippen LogP contribution in [-0.4, -0.2) is 44.3 Å². The fourth-order valence-corrected chi connectivity index (χ4v) is 3.73. The van der Waals surface area contributed by atoms with Crippen LogP contribution in [0.3, 0.4) is 0 Å². The second kappa shape index (κ2) is 7.91. The predicted octanol–water partition coefficient (Wildman–Crippen LogP) is 2.44. The van der Waals surface area contributed by atoms with Gasteiger partial charge >= 0.3 is 0 Å². The Kier molecular flexibility index (Phi) is 5.27. The van der Waals surface area contributed by atoms with Crippen LogP contribution in [0.15, 0.2) is 55.4 Å². The molecule has 0 spiro atoms. The molecule has 1 aromatic carbocycles. The van der Waals surface area contributed by atoms with Gasteiger partial charge in [-0.15, -0.1) is 0 Å². The first kappa shape index (κ1) is 20.7. The SMILES string of the molecule is CCC(NC(=O)c1cncc2c1cnn2-c1ccc(F)cc1)c1cn(S(C)(=O)=O)cn1. The van der Waals surface area contributed by atoms with Gasteiger partial charge in [0.1, 0.15) is 12.1 Å². The number of aromatic nitrogens is 5. The van der Waals surface area contributed by atoms with Crippen LogP contribution in [0, 0.1) is 5.82 Å². The summed E-state index contributed by atoms with van der Waals surface area (Å²) in [5.41, 5.74) is 1.97. The van der Waals surface area contributed by atoms with Crippen molar-refractivity contribution >= 4 is 26.8 Å². The summed E-state index contributed by atoms with van der Waals surface area (Å²) in [5.74, 6) is -0.750. The van der Waals surface area contributed by atoms with E-state index in [2.05, 4.69) is 20.4 Å². The van der Waals surface area contributed by atoms with Gasteiger partial charge in [-0.3, -0.25) is 9.78 Å². The molecule has 0 aliphatic heterocycles. The molecular formula is C20H19FN6O3S. The average molecular weight is 442 g/mol. The van der Waals surface area contributed by atoms with Crippen LogP contribution in [0.25, 0.3) is 16.6 Å². The molecule has 1 atom stereocenters. The van der Waals surface area contributed by atoms with Gasteiger partial charge in [-0.05, 0) is 30.7 Å². The first-order valence-corrected chi connectivity index (χ1v) is 11.3. The Balaban J connectivity index is 1.64. The van der Waals surface area contributed by atoms with E-state index < -0.39 is 22.0 Å². The van der Waals surface area contributed by atoms with Gasteiger partial charge in [-0.1, -0.05) is 6.92 Å². The molecule has 4 rings (SSSR count). The maximum Gasteiger partial charge on any atom is 0.254 e. The van der Waals surface area contributed by atoms with Crippen molar-refractivity contribution in [2.24, 2.45) is 0 Å². The van der Waals surface area contributed by atoms with E-state index in [1.165, 1.54) is 30.9 Å². The average Bonchev–Trinajstić information content (AvgIpc) is 3.39. The van der Waals surface area contributed by atoms with Crippen molar-refractivity contribution in [2.45, 2.75) is 19.4 Å². The number of halogens is 1. The zero-order valence-corrected chi connectivity index (χ0v) is 17.5. The number of nitrogens with zero attached hydrogens (tertiary/aromatic N) is 5. The molecule has 1 unspecified atom stereocenters. The molecule has 0 aliphatic carbocycles. The van der Waals surface area contributed by atoms with Gasteiger partial charge in [0.25, 0.3) is 5.91 Å². The van der Waals surface area contributed by atoms with E-state index in [4.69, 9.17) is 0 Å². The first-order chi connectivity index (χ1) is 14.8. The maximum atomic E-state index is 13.2. The Morgan fingerprint density at radius 2 is 1.94 bits per heavy atom. The van der Waals surface area contributed by atoms with E-state index in [1.807, 2.05) is 6.92 Å². The maximum absolute atomic E-state index is 13.2. The third-order valence-corrected chi connectivity index (χ3v) is 5.81. The van der Waals surface area contributed by atoms with Gasteiger partial charge in [-0.25, -0.2) is 26.4 Å². The Morgan fingerprint density at radius 1 is 1.19 bits per heavy atom. The number of pyridine rings is 1. The van der Waals surface area contributed by atoms with Crippen LogP contribution in [0.4, 0.5) is 4.39 Å². The van der Waals surface area contributed by atoms with E-state index in [-0.39, 0.29) is 5.82 Å². The minimum atomic E-state index is -3.46. The van der Waals surface area contributed by atoms with E-state index >= 15 is 0 Å². The van der Waals surface area contributed by atoms with Crippen molar-refractivity contribution in [3.63, 3.8) is 0 Å². The molecule has 0 saturated carbocycles. The number of carbonyl (C=O) groups excluding carboxylic acids is 1. The van der Waals surface area contributed by atoms with Gasteiger partial charge < -0.3 is 5.32 Å². The summed E-state index contributed by atoms with van der Waals surface area (Å²) >= 11 is 0. The summed E-state index contributed by atoms with van der Waals surface area (Å²) in [6, 6.07) is 5.33. The molecular weight excluding hydrogens is 423 g/mol. The highest BCUT2D eigenvalue weighted by Crippen LogP contribution is 2.22. The molecule has 4 aromatic rings. The number of carbonyl (C=O) groups is 1. The Bertz CT molecular complexity index is 1360. The van der Waals surface area contributed by atoms with Crippen LogP contribution in [0.1, 0.15) is 35.4 Å². The molecule has 0 radical (unpaired) electrons. The number of nitrogens with one attached hydrogen (secondary N) is 1. The highest BCUT2D eigenvalue weighted by Gasteiger charge is 2.21. The normalized spacial score (nSPS) is 12.7. The Labute approximate surface area is 177 Å². The van der Waals surface area contributed by atoms with Gasteiger partial charge in [-0.2, -0.15) is 5.10 Å². The highest BCUT2D eigenvalue weighted by molar-refractivity contribution is 7.89. The van der Waals surface area contributed by atoms with Crippen LogP contribution in [-0.2, 0) is 10.0 Å². The minimum Gasteiger partial charge on any atom is -0.344 e. The Hall–Kier alpha value is -3.60. The van der Waals surface area contributed by atoms with Gasteiger partial charge in [0, 0.05) is 17.8 Å². The van der Waals surface area contributed by atoms with Crippen LogP contribution >= 0.6 is 0 Å². The molecule has 1 N–H and O–H groups in total. The third-order valence-electron chi connectivity index (χ3n) is 4.85. The summed E-state index contributed by atoms with van der Waals surface area (Å²) in [6.07, 6.45) is 8.73. The summed E-state index contributed by atoms with van der Waals surface area (Å²) in [6.45, 7) is 1.86. The van der Waals surface area contributed by atoms with Crippen LogP contribution in [0.5, 0.6) is 0 Å². The number of rotatable bonds is 6. The minimum absolute atomic E-state index is 0.312. The second-order valence-corrected chi connectivity index (χ2v) is 8.87. The van der Waals surface area contributed by atoms with Crippen molar-refractivity contribution in [3.05, 3.63) is 72.5 Å². The molecule has 160 valence electrons. The molecule has 11 heteroatoms. The molecule has 0 bridgehead atoms. The van der Waals surface area contributed by atoms with E-state index in [1.54, 1.807) is 29.2 Å². The molecule has 9 nitrogen and oxygen atoms in total. The van der Waals surface area contributed by atoms with E-state index in [9.17, 15) is 17.6 Å². The monoisotopic (exact) mass is 442 g/mol. The summed E-state index contributed by atoms with van der Waals surface area (Å²) in [4.78, 5) is 21.3. The lowest BCUT2D eigenvalue weighted by molar-refractivity contribution is 0.0936. The summed E-state index contributed by atoms with van der Waals surface area (Å²) in [5, 5.41) is 7.77. The first-order valence-electron chi connectivity index (χ1n) is 9.41. The largest absolute Gasteiger partial charge is 0.344 e. The van der Waals surface area contributed by atoms with Crippen LogP contribution in [0.2, 0.25) is 0 Å². The number of hydrogen-bond acceptors (Lipinski definition) is 6. The quantitative estimate of drug-likeness (QED) is 0.491. The van der Waals surface area contributed by atoms with Crippen molar-refractivity contribution in [1.82, 2.24) is 29.0 Å². The molecule has 31 heavy (non-hydrogen) atoms. The molecule has 3 aromatic heterocycles. The van der Waals surface area contributed by atoms with Crippen molar-refractivity contribution in [1.29, 1.82) is 0 Å². The topological polar surface area (TPSA) is 112 Å². The third kappa shape index (κ3) is 4.04. The lowest BCUT2D eigenvalue weighted by Crippen LogP contribution is -2.28. The fraction of sp³-hybridized carbons (Fsp3) is 0.200. The lowest BCUT2D eigenvalue weighted by Gasteiger charge is -2.15. The number of hydrogen-bond donors (Lipinski definition) is 1. The van der Waals surface area contributed by atoms with E-state index in [0.717, 1.165) is 10.2 Å². The lowest BCUT2D eigenvalue weighted by atomic mass is 10.1. The van der Waals surface area contributed by atoms with E-state index in [0.29, 0.717) is 34.3 Å². The second-order valence-electron chi connectivity index (χ2n) is 6.98. The number of amides is 1. The number of imidazole rings is 1. The van der Waals surface area contributed by atoms with Gasteiger partial charge in [0.2, 0.25) is 10.0 Å². The van der Waals surface area contributed by atoms with Crippen molar-refractivity contribution in [3.8, 4) is 5.69 Å². The number of fused-ring (bicyclic) bond motifs is 1. The highest BCUT2D eigenvalue weighted by atomic mass is 32.2. The zero-order chi connectivity index (χ0) is 22.2. The molecule has 0 aliphatic rings. The fourth-order valence-electron chi connectivity index (χ4n) is 3.21. The van der Waals surface area contributed by atoms with Gasteiger partial charge in [0.15, 0.2) is 0 Å². The predicted molar refractivity (Wildman–Crippen MR) is 112 cm³/mol. The smallest absolute Gasteiger partial charge is 0.254 e. The Morgan fingerprint density at radius 3 is 2.58 bits per heavy atom. The summed E-state index contributed by atoms with van der Waals surface area (Å²) < 4.78 is 39.2. The summed E-state index contributed by atoms with van der Waals surface area (Å²) in [7, 11) is -3.46. The number of benzene rings is 1. The molecule has 0 saturated heterocycles. The van der Waals surface area contributed by atoms with Crippen molar-refractivity contribution in [2.75, 3.05) is 6.26 Å². The molecule has 3 heterocycles. The zero-order valence-electron chi connectivity index (χ0n) is 16.7. The molecule has 1 amide bonds.